The van der Waals surface area contributed by atoms with Crippen LogP contribution in [0.25, 0.3) is 11.0 Å². The van der Waals surface area contributed by atoms with Gasteiger partial charge in [-0.15, -0.1) is 0 Å². The largest absolute Gasteiger partial charge is 0.416 e. The molecule has 0 saturated heterocycles. The van der Waals surface area contributed by atoms with E-state index in [1.165, 1.54) is 6.07 Å². The highest BCUT2D eigenvalue weighted by Gasteiger charge is 2.31. The molecule has 0 aliphatic rings. The number of carbonyl (C=O) groups is 1. The standard InChI is InChI=1S/C15H10ClF3N4O3S/c16-9-3-1-7(5-12(9)27(21,25)26)13(24)23-11-4-2-8(15(17,18)19)6-10(11)22-14(23)20/h1-6H,(H2,20,22)(H2,21,25,26). The van der Waals surface area contributed by atoms with E-state index in [1.54, 1.807) is 0 Å². The predicted octanol–water partition coefficient (Wildman–Crippen LogP) is 2.63. The van der Waals surface area contributed by atoms with E-state index in [2.05, 4.69) is 4.98 Å². The Hall–Kier alpha value is -2.63. The van der Waals surface area contributed by atoms with Crippen LogP contribution in [0.1, 0.15) is 15.9 Å². The van der Waals surface area contributed by atoms with E-state index in [-0.39, 0.29) is 27.6 Å². The van der Waals surface area contributed by atoms with E-state index in [0.717, 1.165) is 34.9 Å². The second-order valence-corrected chi connectivity index (χ2v) is 7.44. The molecule has 0 spiro atoms. The van der Waals surface area contributed by atoms with Crippen LogP contribution in [0.2, 0.25) is 5.02 Å². The van der Waals surface area contributed by atoms with Crippen LogP contribution < -0.4 is 10.9 Å². The van der Waals surface area contributed by atoms with Gasteiger partial charge in [0.25, 0.3) is 5.91 Å². The highest BCUT2D eigenvalue weighted by molar-refractivity contribution is 7.89. The van der Waals surface area contributed by atoms with E-state index in [9.17, 15) is 26.4 Å². The molecule has 0 aliphatic heterocycles. The molecule has 1 heterocycles. The van der Waals surface area contributed by atoms with Crippen molar-refractivity contribution in [2.45, 2.75) is 11.1 Å². The number of hydrogen-bond acceptors (Lipinski definition) is 5. The molecule has 0 bridgehead atoms. The summed E-state index contributed by atoms with van der Waals surface area (Å²) in [6.07, 6.45) is -4.59. The van der Waals surface area contributed by atoms with Crippen LogP contribution in [-0.2, 0) is 16.2 Å². The van der Waals surface area contributed by atoms with Gasteiger partial charge in [-0.3, -0.25) is 4.79 Å². The number of halogens is 4. The minimum absolute atomic E-state index is 0.0256. The number of sulfonamides is 1. The van der Waals surface area contributed by atoms with Gasteiger partial charge in [0, 0.05) is 5.56 Å². The Morgan fingerprint density at radius 1 is 1.15 bits per heavy atom. The maximum absolute atomic E-state index is 12.8. The van der Waals surface area contributed by atoms with Crippen molar-refractivity contribution in [3.63, 3.8) is 0 Å². The molecule has 4 N–H and O–H groups in total. The van der Waals surface area contributed by atoms with E-state index in [1.807, 2.05) is 0 Å². The zero-order valence-corrected chi connectivity index (χ0v) is 14.7. The molecule has 12 heteroatoms. The van der Waals surface area contributed by atoms with Crippen molar-refractivity contribution in [2.24, 2.45) is 5.14 Å². The topological polar surface area (TPSA) is 121 Å². The maximum atomic E-state index is 12.8. The number of fused-ring (bicyclic) bond motifs is 1. The fourth-order valence-electron chi connectivity index (χ4n) is 2.47. The molecular weight excluding hydrogens is 409 g/mol. The summed E-state index contributed by atoms with van der Waals surface area (Å²) in [6, 6.07) is 5.93. The minimum Gasteiger partial charge on any atom is -0.369 e. The van der Waals surface area contributed by atoms with Gasteiger partial charge in [-0.2, -0.15) is 13.2 Å². The number of aromatic nitrogens is 2. The molecule has 0 unspecified atom stereocenters. The van der Waals surface area contributed by atoms with Gasteiger partial charge in [-0.1, -0.05) is 11.6 Å². The van der Waals surface area contributed by atoms with E-state index >= 15 is 0 Å². The van der Waals surface area contributed by atoms with Gasteiger partial charge in [0.2, 0.25) is 16.0 Å². The Kier molecular flexibility index (Phi) is 4.41. The molecule has 3 rings (SSSR count). The second kappa shape index (κ2) is 6.22. The number of rotatable bonds is 2. The normalized spacial score (nSPS) is 12.5. The zero-order chi connectivity index (χ0) is 20.1. The average molecular weight is 419 g/mol. The summed E-state index contributed by atoms with van der Waals surface area (Å²) in [7, 11) is -4.20. The Morgan fingerprint density at radius 3 is 2.41 bits per heavy atom. The number of imidazole rings is 1. The number of carbonyl (C=O) groups excluding carboxylic acids is 1. The number of nitrogens with two attached hydrogens (primary N) is 2. The quantitative estimate of drug-likeness (QED) is 0.662. The van der Waals surface area contributed by atoms with Crippen molar-refractivity contribution < 1.29 is 26.4 Å². The molecule has 0 aliphatic carbocycles. The molecule has 2 aromatic carbocycles. The third-order valence-electron chi connectivity index (χ3n) is 3.70. The monoisotopic (exact) mass is 418 g/mol. The Morgan fingerprint density at radius 2 is 1.81 bits per heavy atom. The Bertz CT molecular complexity index is 1190. The molecule has 0 amide bonds. The van der Waals surface area contributed by atoms with E-state index in [0.29, 0.717) is 0 Å². The second-order valence-electron chi connectivity index (χ2n) is 5.50. The Balaban J connectivity index is 2.16. The van der Waals surface area contributed by atoms with Gasteiger partial charge in [-0.05, 0) is 36.4 Å². The lowest BCUT2D eigenvalue weighted by atomic mass is 10.2. The zero-order valence-electron chi connectivity index (χ0n) is 13.2. The lowest BCUT2D eigenvalue weighted by Gasteiger charge is -2.09. The van der Waals surface area contributed by atoms with Crippen molar-refractivity contribution in [3.05, 3.63) is 52.5 Å². The van der Waals surface area contributed by atoms with Crippen LogP contribution in [-0.4, -0.2) is 23.9 Å². The van der Waals surface area contributed by atoms with Crippen LogP contribution in [0.4, 0.5) is 19.1 Å². The average Bonchev–Trinajstić information content (AvgIpc) is 2.87. The molecule has 3 aromatic rings. The minimum atomic E-state index is -4.59. The van der Waals surface area contributed by atoms with Gasteiger partial charge >= 0.3 is 6.18 Å². The molecular formula is C15H10ClF3N4O3S. The fourth-order valence-corrected chi connectivity index (χ4v) is 3.54. The number of alkyl halides is 3. The smallest absolute Gasteiger partial charge is 0.369 e. The predicted molar refractivity (Wildman–Crippen MR) is 91.7 cm³/mol. The van der Waals surface area contributed by atoms with Crippen LogP contribution in [0, 0.1) is 0 Å². The van der Waals surface area contributed by atoms with Crippen molar-refractivity contribution in [1.82, 2.24) is 9.55 Å². The number of primary sulfonamides is 1. The van der Waals surface area contributed by atoms with Gasteiger partial charge in [-0.25, -0.2) is 23.1 Å². The summed E-state index contributed by atoms with van der Waals surface area (Å²) in [5, 5.41) is 4.86. The first-order chi connectivity index (χ1) is 12.4. The molecule has 0 fully saturated rings. The SMILES string of the molecule is Nc1nc2cc(C(F)(F)F)ccc2n1C(=O)c1ccc(Cl)c(S(N)(=O)=O)c1. The van der Waals surface area contributed by atoms with E-state index < -0.39 is 32.6 Å². The van der Waals surface area contributed by atoms with Gasteiger partial charge < -0.3 is 5.73 Å². The summed E-state index contributed by atoms with van der Waals surface area (Å²) in [5.74, 6) is -1.17. The number of benzene rings is 2. The Labute approximate surface area is 155 Å². The number of anilines is 1. The summed E-state index contributed by atoms with van der Waals surface area (Å²) in [5.41, 5.74) is 4.48. The number of hydrogen-bond donors (Lipinski definition) is 2. The third kappa shape index (κ3) is 3.48. The molecule has 7 nitrogen and oxygen atoms in total. The molecule has 142 valence electrons. The summed E-state index contributed by atoms with van der Waals surface area (Å²) in [6.45, 7) is 0. The first-order valence-electron chi connectivity index (χ1n) is 7.12. The number of nitrogens with zero attached hydrogens (tertiary/aromatic N) is 2. The first-order valence-corrected chi connectivity index (χ1v) is 9.04. The highest BCUT2D eigenvalue weighted by Crippen LogP contribution is 2.32. The summed E-state index contributed by atoms with van der Waals surface area (Å²) in [4.78, 5) is 16.1. The van der Waals surface area contributed by atoms with Gasteiger partial charge in [0.05, 0.1) is 21.6 Å². The fraction of sp³-hybridized carbons (Fsp3) is 0.0667. The summed E-state index contributed by atoms with van der Waals surface area (Å²) >= 11 is 5.78. The first kappa shape index (κ1) is 19.1. The van der Waals surface area contributed by atoms with E-state index in [4.69, 9.17) is 22.5 Å². The van der Waals surface area contributed by atoms with Crippen molar-refractivity contribution in [3.8, 4) is 0 Å². The highest BCUT2D eigenvalue weighted by atomic mass is 35.5. The molecule has 1 aromatic heterocycles. The third-order valence-corrected chi connectivity index (χ3v) is 5.09. The molecule has 27 heavy (non-hydrogen) atoms. The molecule has 0 radical (unpaired) electrons. The molecule has 0 atom stereocenters. The van der Waals surface area contributed by atoms with Crippen LogP contribution in [0.5, 0.6) is 0 Å². The van der Waals surface area contributed by atoms with Crippen LogP contribution in [0.15, 0.2) is 41.3 Å². The van der Waals surface area contributed by atoms with Crippen LogP contribution in [0.3, 0.4) is 0 Å². The van der Waals surface area contributed by atoms with Crippen molar-refractivity contribution in [2.75, 3.05) is 5.73 Å². The summed E-state index contributed by atoms with van der Waals surface area (Å²) < 4.78 is 62.5. The molecule has 0 saturated carbocycles. The maximum Gasteiger partial charge on any atom is 0.416 e. The van der Waals surface area contributed by atoms with Crippen molar-refractivity contribution in [1.29, 1.82) is 0 Å². The van der Waals surface area contributed by atoms with Gasteiger partial charge in [0.1, 0.15) is 4.90 Å². The van der Waals surface area contributed by atoms with Crippen molar-refractivity contribution >= 4 is 44.5 Å². The lowest BCUT2D eigenvalue weighted by molar-refractivity contribution is -0.137. The number of nitrogen functional groups attached to an aromatic ring is 1. The van der Waals surface area contributed by atoms with Gasteiger partial charge in [0.15, 0.2) is 0 Å². The van der Waals surface area contributed by atoms with Crippen LogP contribution >= 0.6 is 11.6 Å². The lowest BCUT2D eigenvalue weighted by Crippen LogP contribution is -2.17.